The summed E-state index contributed by atoms with van der Waals surface area (Å²) in [5.74, 6) is 0.167. The molecule has 0 saturated carbocycles. The van der Waals surface area contributed by atoms with Crippen molar-refractivity contribution in [3.8, 4) is 6.07 Å². The molecule has 0 amide bonds. The zero-order valence-electron chi connectivity index (χ0n) is 22.7. The van der Waals surface area contributed by atoms with Crippen LogP contribution in [0.4, 0.5) is 0 Å². The van der Waals surface area contributed by atoms with Gasteiger partial charge < -0.3 is 33.5 Å². The maximum atomic E-state index is 10.1. The molecule has 3 aliphatic rings. The summed E-state index contributed by atoms with van der Waals surface area (Å²) in [5, 5.41) is 20.6. The smallest absolute Gasteiger partial charge is 0.184 e. The summed E-state index contributed by atoms with van der Waals surface area (Å²) in [4.78, 5) is 0. The maximum absolute atomic E-state index is 10.1. The monoisotopic (exact) mass is 665 g/mol. The van der Waals surface area contributed by atoms with Gasteiger partial charge in [0.1, 0.15) is 12.2 Å². The highest BCUT2D eigenvalue weighted by Crippen LogP contribution is 2.45. The van der Waals surface area contributed by atoms with Crippen LogP contribution in [0.25, 0.3) is 0 Å². The minimum absolute atomic E-state index is 0.167. The molecule has 4 unspecified atom stereocenters. The molecular formula is C31H27Cl4NO7. The molecule has 0 bridgehead atoms. The van der Waals surface area contributed by atoms with E-state index in [9.17, 15) is 5.11 Å². The molecule has 12 heteroatoms. The van der Waals surface area contributed by atoms with Crippen molar-refractivity contribution in [1.29, 1.82) is 5.26 Å². The fraction of sp³-hybridized carbons (Fsp3) is 0.387. The van der Waals surface area contributed by atoms with Gasteiger partial charge in [0.2, 0.25) is 0 Å². The summed E-state index contributed by atoms with van der Waals surface area (Å²) >= 11 is 26.2. The highest BCUT2D eigenvalue weighted by atomic mass is 35.5. The van der Waals surface area contributed by atoms with Crippen molar-refractivity contribution in [2.45, 2.75) is 50.0 Å². The van der Waals surface area contributed by atoms with Gasteiger partial charge in [0.15, 0.2) is 18.9 Å². The highest BCUT2D eigenvalue weighted by Gasteiger charge is 2.36. The SMILES string of the molecule is N#CCc1cc(Cl)cc(C2OCC(c3c(Cl)cc(C4OCC(c5c(Cl)cc(C6OCCO6)cc5CO)O4)cc3CCl)O2)c1. The molecule has 226 valence electrons. The molecular weight excluding hydrogens is 640 g/mol. The van der Waals surface area contributed by atoms with Crippen LogP contribution < -0.4 is 0 Å². The Morgan fingerprint density at radius 2 is 1.28 bits per heavy atom. The molecule has 3 heterocycles. The Balaban J connectivity index is 1.20. The number of ether oxygens (including phenoxy) is 6. The molecule has 1 N–H and O–H groups in total. The summed E-state index contributed by atoms with van der Waals surface area (Å²) < 4.78 is 35.7. The number of alkyl halides is 1. The van der Waals surface area contributed by atoms with Crippen LogP contribution in [-0.2, 0) is 47.3 Å². The van der Waals surface area contributed by atoms with E-state index in [1.165, 1.54) is 0 Å². The fourth-order valence-electron chi connectivity index (χ4n) is 5.64. The molecule has 6 rings (SSSR count). The van der Waals surface area contributed by atoms with Gasteiger partial charge in [0.25, 0.3) is 0 Å². The van der Waals surface area contributed by atoms with Gasteiger partial charge in [-0.3, -0.25) is 0 Å². The van der Waals surface area contributed by atoms with Crippen molar-refractivity contribution in [1.82, 2.24) is 0 Å². The van der Waals surface area contributed by atoms with Gasteiger partial charge in [-0.15, -0.1) is 11.6 Å². The van der Waals surface area contributed by atoms with Crippen LogP contribution >= 0.6 is 46.4 Å². The Kier molecular flexibility index (Phi) is 9.79. The first kappa shape index (κ1) is 31.0. The topological polar surface area (TPSA) is 99.4 Å². The molecule has 0 radical (unpaired) electrons. The minimum Gasteiger partial charge on any atom is -0.392 e. The van der Waals surface area contributed by atoms with E-state index in [1.807, 2.05) is 18.2 Å². The third kappa shape index (κ3) is 6.55. The number of hydrogen-bond acceptors (Lipinski definition) is 8. The standard InChI is InChI=1S/C31H27Cl4NO7/c32-12-20-7-19(11-23(34)27(20)25-14-40-30(42-25)17-5-16(1-2-36)6-22(33)9-17)31-41-15-26(43-31)28-21(13-37)8-18(10-24(28)35)29-38-3-4-39-29/h5-11,25-26,29-31,37H,1,3-4,12-15H2. The molecule has 3 aromatic carbocycles. The van der Waals surface area contributed by atoms with E-state index < -0.39 is 31.1 Å². The van der Waals surface area contributed by atoms with Gasteiger partial charge in [-0.05, 0) is 59.2 Å². The quantitative estimate of drug-likeness (QED) is 0.246. The summed E-state index contributed by atoms with van der Waals surface area (Å²) in [6, 6.07) is 14.7. The molecule has 8 nitrogen and oxygen atoms in total. The van der Waals surface area contributed by atoms with Crippen molar-refractivity contribution in [2.75, 3.05) is 26.4 Å². The van der Waals surface area contributed by atoms with Gasteiger partial charge >= 0.3 is 0 Å². The van der Waals surface area contributed by atoms with Crippen LogP contribution in [0.1, 0.15) is 75.6 Å². The van der Waals surface area contributed by atoms with Gasteiger partial charge in [-0.2, -0.15) is 5.26 Å². The summed E-state index contributed by atoms with van der Waals surface area (Å²) in [6.07, 6.45) is -2.70. The lowest BCUT2D eigenvalue weighted by Gasteiger charge is -2.21. The summed E-state index contributed by atoms with van der Waals surface area (Å²) in [5.41, 5.74) is 5.64. The zero-order chi connectivity index (χ0) is 30.1. The number of nitriles is 1. The average molecular weight is 667 g/mol. The second-order valence-corrected chi connectivity index (χ2v) is 11.8. The van der Waals surface area contributed by atoms with Crippen molar-refractivity contribution in [3.05, 3.63) is 102 Å². The normalized spacial score (nSPS) is 24.1. The third-order valence-electron chi connectivity index (χ3n) is 7.51. The van der Waals surface area contributed by atoms with E-state index in [4.69, 9.17) is 80.1 Å². The number of hydrogen-bond donors (Lipinski definition) is 1. The predicted octanol–water partition coefficient (Wildman–Crippen LogP) is 7.56. The van der Waals surface area contributed by atoms with Gasteiger partial charge in [-0.1, -0.05) is 34.8 Å². The Hall–Kier alpha value is -1.97. The Morgan fingerprint density at radius 3 is 1.86 bits per heavy atom. The number of aliphatic hydroxyl groups excluding tert-OH is 1. The molecule has 0 spiro atoms. The number of rotatable bonds is 8. The third-order valence-corrected chi connectivity index (χ3v) is 8.64. The number of halogens is 4. The van der Waals surface area contributed by atoms with E-state index in [0.717, 1.165) is 22.3 Å². The Bertz CT molecular complexity index is 1540. The van der Waals surface area contributed by atoms with Crippen LogP contribution in [0.3, 0.4) is 0 Å². The summed E-state index contributed by atoms with van der Waals surface area (Å²) in [7, 11) is 0. The van der Waals surface area contributed by atoms with Crippen LogP contribution in [0, 0.1) is 11.3 Å². The van der Waals surface area contributed by atoms with Gasteiger partial charge in [0.05, 0.1) is 45.5 Å². The highest BCUT2D eigenvalue weighted by molar-refractivity contribution is 6.32. The summed E-state index contributed by atoms with van der Waals surface area (Å²) in [6.45, 7) is 1.23. The largest absolute Gasteiger partial charge is 0.392 e. The molecule has 0 aliphatic carbocycles. The molecule has 3 fully saturated rings. The molecule has 3 aromatic rings. The Morgan fingerprint density at radius 1 is 0.721 bits per heavy atom. The van der Waals surface area contributed by atoms with Crippen molar-refractivity contribution in [3.63, 3.8) is 0 Å². The minimum atomic E-state index is -0.735. The van der Waals surface area contributed by atoms with Crippen molar-refractivity contribution >= 4 is 46.4 Å². The molecule has 3 aliphatic heterocycles. The van der Waals surface area contributed by atoms with E-state index >= 15 is 0 Å². The number of nitrogens with zero attached hydrogens (tertiary/aromatic N) is 1. The Labute approximate surface area is 268 Å². The maximum Gasteiger partial charge on any atom is 0.184 e. The predicted molar refractivity (Wildman–Crippen MR) is 159 cm³/mol. The fourth-order valence-corrected chi connectivity index (χ4v) is 6.87. The lowest BCUT2D eigenvalue weighted by Crippen LogP contribution is -2.09. The number of aliphatic hydroxyl groups is 1. The molecule has 3 saturated heterocycles. The van der Waals surface area contributed by atoms with Crippen LogP contribution in [0.5, 0.6) is 0 Å². The first-order valence-electron chi connectivity index (χ1n) is 13.6. The second kappa shape index (κ2) is 13.6. The van der Waals surface area contributed by atoms with E-state index in [-0.39, 0.29) is 32.1 Å². The molecule has 43 heavy (non-hydrogen) atoms. The average Bonchev–Trinajstić information content (AvgIpc) is 3.78. The number of benzene rings is 3. The van der Waals surface area contributed by atoms with E-state index in [1.54, 1.807) is 24.3 Å². The zero-order valence-corrected chi connectivity index (χ0v) is 25.8. The molecule has 0 aromatic heterocycles. The first-order chi connectivity index (χ1) is 20.9. The van der Waals surface area contributed by atoms with Gasteiger partial charge in [0, 0.05) is 48.8 Å². The van der Waals surface area contributed by atoms with Gasteiger partial charge in [-0.25, -0.2) is 0 Å². The van der Waals surface area contributed by atoms with Crippen LogP contribution in [0.2, 0.25) is 15.1 Å². The lowest BCUT2D eigenvalue weighted by atomic mass is 9.99. The van der Waals surface area contributed by atoms with E-state index in [2.05, 4.69) is 6.07 Å². The van der Waals surface area contributed by atoms with E-state index in [0.29, 0.717) is 50.5 Å². The van der Waals surface area contributed by atoms with Crippen molar-refractivity contribution < 1.29 is 33.5 Å². The lowest BCUT2D eigenvalue weighted by molar-refractivity contribution is -0.0623. The molecule has 4 atom stereocenters. The van der Waals surface area contributed by atoms with Crippen LogP contribution in [-0.4, -0.2) is 31.5 Å². The van der Waals surface area contributed by atoms with Crippen LogP contribution in [0.15, 0.2) is 42.5 Å². The first-order valence-corrected chi connectivity index (χ1v) is 15.3. The van der Waals surface area contributed by atoms with Crippen molar-refractivity contribution in [2.24, 2.45) is 0 Å². The second-order valence-electron chi connectivity index (χ2n) is 10.3.